The van der Waals surface area contributed by atoms with E-state index in [9.17, 15) is 4.79 Å². The lowest BCUT2D eigenvalue weighted by atomic mass is 9.73. The van der Waals surface area contributed by atoms with Crippen LogP contribution in [0.3, 0.4) is 0 Å². The molecular formula is C16H26N2O. The van der Waals surface area contributed by atoms with Crippen LogP contribution in [0, 0.1) is 11.3 Å². The van der Waals surface area contributed by atoms with Crippen molar-refractivity contribution >= 4 is 5.78 Å². The molecule has 1 fully saturated rings. The summed E-state index contributed by atoms with van der Waals surface area (Å²) in [5.74, 6) is 1.10. The Labute approximate surface area is 116 Å². The molecule has 0 aromatic carbocycles. The quantitative estimate of drug-likeness (QED) is 0.786. The average Bonchev–Trinajstić information content (AvgIpc) is 2.95. The smallest absolute Gasteiger partial charge is 0.139 e. The normalized spacial score (nSPS) is 18.1. The minimum absolute atomic E-state index is 0.00360. The molecule has 1 heterocycles. The number of aryl methyl sites for hydroxylation is 2. The van der Waals surface area contributed by atoms with Gasteiger partial charge in [0.15, 0.2) is 0 Å². The highest BCUT2D eigenvalue weighted by Gasteiger charge is 2.40. The monoisotopic (exact) mass is 262 g/mol. The summed E-state index contributed by atoms with van der Waals surface area (Å²) in [6, 6.07) is 0. The van der Waals surface area contributed by atoms with E-state index in [4.69, 9.17) is 0 Å². The Bertz CT molecular complexity index is 428. The molecule has 1 aromatic heterocycles. The topological polar surface area (TPSA) is 34.9 Å². The number of nitrogens with zero attached hydrogens (tertiary/aromatic N) is 2. The van der Waals surface area contributed by atoms with Gasteiger partial charge in [-0.1, -0.05) is 26.7 Å². The van der Waals surface area contributed by atoms with Crippen LogP contribution in [0.15, 0.2) is 12.4 Å². The number of ketones is 1. The van der Waals surface area contributed by atoms with Crippen molar-refractivity contribution in [3.05, 3.63) is 18.0 Å². The Balaban J connectivity index is 1.96. The second-order valence-electron chi connectivity index (χ2n) is 6.53. The van der Waals surface area contributed by atoms with Gasteiger partial charge in [-0.2, -0.15) is 5.10 Å². The molecule has 3 heteroatoms. The summed E-state index contributed by atoms with van der Waals surface area (Å²) >= 11 is 0. The number of hydrogen-bond acceptors (Lipinski definition) is 2. The summed E-state index contributed by atoms with van der Waals surface area (Å²) < 4.78 is 1.80. The molecule has 106 valence electrons. The van der Waals surface area contributed by atoms with Crippen LogP contribution in [0.25, 0.3) is 0 Å². The third-order valence-electron chi connectivity index (χ3n) is 4.35. The van der Waals surface area contributed by atoms with E-state index < -0.39 is 0 Å². The summed E-state index contributed by atoms with van der Waals surface area (Å²) in [7, 11) is 1.92. The van der Waals surface area contributed by atoms with E-state index in [0.29, 0.717) is 18.1 Å². The van der Waals surface area contributed by atoms with Gasteiger partial charge in [-0.3, -0.25) is 9.48 Å². The summed E-state index contributed by atoms with van der Waals surface area (Å²) in [5, 5.41) is 4.16. The van der Waals surface area contributed by atoms with Gasteiger partial charge in [0.2, 0.25) is 0 Å². The van der Waals surface area contributed by atoms with Crippen LogP contribution < -0.4 is 0 Å². The SMILES string of the molecule is CC(C)CC1(C(=O)CCc2cnn(C)c2)CCCC1. The summed E-state index contributed by atoms with van der Waals surface area (Å²) in [4.78, 5) is 12.7. The van der Waals surface area contributed by atoms with Crippen molar-refractivity contribution in [2.24, 2.45) is 18.4 Å². The van der Waals surface area contributed by atoms with Crippen molar-refractivity contribution in [2.45, 2.75) is 58.8 Å². The Morgan fingerprint density at radius 2 is 2.11 bits per heavy atom. The van der Waals surface area contributed by atoms with E-state index in [1.807, 2.05) is 19.4 Å². The van der Waals surface area contributed by atoms with E-state index in [1.54, 1.807) is 4.68 Å². The van der Waals surface area contributed by atoms with Crippen LogP contribution >= 0.6 is 0 Å². The molecule has 0 bridgehead atoms. The standard InChI is InChI=1S/C16H26N2O/c1-13(2)10-16(8-4-5-9-16)15(19)7-6-14-11-17-18(3)12-14/h11-13H,4-10H2,1-3H3. The summed E-state index contributed by atoms with van der Waals surface area (Å²) in [6.07, 6.45) is 11.1. The minimum Gasteiger partial charge on any atom is -0.299 e. The second-order valence-corrected chi connectivity index (χ2v) is 6.53. The fraction of sp³-hybridized carbons (Fsp3) is 0.750. The van der Waals surface area contributed by atoms with Gasteiger partial charge in [-0.05, 0) is 37.2 Å². The predicted molar refractivity (Wildman–Crippen MR) is 76.9 cm³/mol. The van der Waals surface area contributed by atoms with Crippen molar-refractivity contribution in [3.63, 3.8) is 0 Å². The lowest BCUT2D eigenvalue weighted by Crippen LogP contribution is -2.30. The first-order chi connectivity index (χ1) is 9.02. The van der Waals surface area contributed by atoms with Crippen molar-refractivity contribution in [1.82, 2.24) is 9.78 Å². The molecule has 0 unspecified atom stereocenters. The highest BCUT2D eigenvalue weighted by Crippen LogP contribution is 2.44. The van der Waals surface area contributed by atoms with E-state index >= 15 is 0 Å². The lowest BCUT2D eigenvalue weighted by Gasteiger charge is -2.29. The third-order valence-corrected chi connectivity index (χ3v) is 4.35. The summed E-state index contributed by atoms with van der Waals surface area (Å²) in [5.41, 5.74) is 1.17. The fourth-order valence-electron chi connectivity index (χ4n) is 3.55. The van der Waals surface area contributed by atoms with Crippen molar-refractivity contribution < 1.29 is 4.79 Å². The number of carbonyl (C=O) groups is 1. The molecule has 3 nitrogen and oxygen atoms in total. The van der Waals surface area contributed by atoms with Gasteiger partial charge < -0.3 is 0 Å². The average molecular weight is 262 g/mol. The van der Waals surface area contributed by atoms with Crippen molar-refractivity contribution in [3.8, 4) is 0 Å². The van der Waals surface area contributed by atoms with Crippen LogP contribution in [-0.4, -0.2) is 15.6 Å². The molecule has 1 aliphatic carbocycles. The minimum atomic E-state index is -0.00360. The van der Waals surface area contributed by atoms with E-state index in [2.05, 4.69) is 18.9 Å². The van der Waals surface area contributed by atoms with Gasteiger partial charge in [0.1, 0.15) is 5.78 Å². The second kappa shape index (κ2) is 5.89. The van der Waals surface area contributed by atoms with Gasteiger partial charge in [0.25, 0.3) is 0 Å². The molecular weight excluding hydrogens is 236 g/mol. The van der Waals surface area contributed by atoms with Gasteiger partial charge in [0, 0.05) is 25.1 Å². The highest BCUT2D eigenvalue weighted by molar-refractivity contribution is 5.85. The number of rotatable bonds is 6. The van der Waals surface area contributed by atoms with Crippen LogP contribution in [0.1, 0.15) is 57.9 Å². The van der Waals surface area contributed by atoms with E-state index in [1.165, 1.54) is 18.4 Å². The molecule has 0 atom stereocenters. The predicted octanol–water partition coefficient (Wildman–Crippen LogP) is 3.53. The van der Waals surface area contributed by atoms with Crippen LogP contribution in [0.5, 0.6) is 0 Å². The Kier molecular flexibility index (Phi) is 4.43. The van der Waals surface area contributed by atoms with Crippen molar-refractivity contribution in [1.29, 1.82) is 0 Å². The number of hydrogen-bond donors (Lipinski definition) is 0. The first kappa shape index (κ1) is 14.3. The summed E-state index contributed by atoms with van der Waals surface area (Å²) in [6.45, 7) is 4.46. The highest BCUT2D eigenvalue weighted by atomic mass is 16.1. The lowest BCUT2D eigenvalue weighted by molar-refractivity contribution is -0.129. The van der Waals surface area contributed by atoms with E-state index in [0.717, 1.165) is 25.7 Å². The third kappa shape index (κ3) is 3.46. The van der Waals surface area contributed by atoms with Gasteiger partial charge >= 0.3 is 0 Å². The molecule has 0 spiro atoms. The molecule has 0 amide bonds. The number of aromatic nitrogens is 2. The first-order valence-electron chi connectivity index (χ1n) is 7.53. The van der Waals surface area contributed by atoms with Crippen molar-refractivity contribution in [2.75, 3.05) is 0 Å². The molecule has 0 radical (unpaired) electrons. The van der Waals surface area contributed by atoms with Crippen LogP contribution in [-0.2, 0) is 18.3 Å². The molecule has 2 rings (SSSR count). The first-order valence-corrected chi connectivity index (χ1v) is 7.53. The molecule has 1 aromatic rings. The maximum Gasteiger partial charge on any atom is 0.139 e. The maximum atomic E-state index is 12.7. The molecule has 19 heavy (non-hydrogen) atoms. The Morgan fingerprint density at radius 1 is 1.42 bits per heavy atom. The largest absolute Gasteiger partial charge is 0.299 e. The number of carbonyl (C=O) groups excluding carboxylic acids is 1. The Morgan fingerprint density at radius 3 is 2.63 bits per heavy atom. The van der Waals surface area contributed by atoms with Gasteiger partial charge in [-0.25, -0.2) is 0 Å². The molecule has 0 aliphatic heterocycles. The Hall–Kier alpha value is -1.12. The maximum absolute atomic E-state index is 12.7. The zero-order valence-electron chi connectivity index (χ0n) is 12.5. The molecule has 0 saturated heterocycles. The number of Topliss-reactive ketones (excluding diaryl/α,β-unsaturated/α-hetero) is 1. The zero-order valence-corrected chi connectivity index (χ0v) is 12.5. The molecule has 0 N–H and O–H groups in total. The van der Waals surface area contributed by atoms with E-state index in [-0.39, 0.29) is 5.41 Å². The molecule has 1 aliphatic rings. The van der Waals surface area contributed by atoms with Gasteiger partial charge in [-0.15, -0.1) is 0 Å². The van der Waals surface area contributed by atoms with Crippen LogP contribution in [0.2, 0.25) is 0 Å². The van der Waals surface area contributed by atoms with Crippen LogP contribution in [0.4, 0.5) is 0 Å². The van der Waals surface area contributed by atoms with Gasteiger partial charge in [0.05, 0.1) is 6.20 Å². The zero-order chi connectivity index (χ0) is 13.9. The molecule has 1 saturated carbocycles. The fourth-order valence-corrected chi connectivity index (χ4v) is 3.55.